The van der Waals surface area contributed by atoms with E-state index in [4.69, 9.17) is 0 Å². The van der Waals surface area contributed by atoms with Gasteiger partial charge in [-0.15, -0.1) is 5.10 Å². The van der Waals surface area contributed by atoms with Crippen LogP contribution in [-0.4, -0.2) is 30.7 Å². The fourth-order valence-electron chi connectivity index (χ4n) is 1.49. The van der Waals surface area contributed by atoms with E-state index in [-0.39, 0.29) is 17.9 Å². The molecule has 0 radical (unpaired) electrons. The molecular formula is C10H14N6OS. The fraction of sp³-hybridized carbons (Fsp3) is 0.500. The number of amides is 1. The number of hydrogen-bond donors (Lipinski definition) is 2. The van der Waals surface area contributed by atoms with E-state index in [1.807, 2.05) is 20.8 Å². The molecule has 8 heteroatoms. The second-order valence-corrected chi connectivity index (χ2v) is 4.96. The van der Waals surface area contributed by atoms with Crippen LogP contribution in [0.1, 0.15) is 53.9 Å². The van der Waals surface area contributed by atoms with Crippen LogP contribution < -0.4 is 5.32 Å². The third-order valence-electron chi connectivity index (χ3n) is 2.46. The fourth-order valence-corrected chi connectivity index (χ4v) is 2.21. The van der Waals surface area contributed by atoms with Crippen molar-refractivity contribution in [1.82, 2.24) is 30.1 Å². The first-order valence-corrected chi connectivity index (χ1v) is 6.35. The molecule has 0 aliphatic carbocycles. The maximum atomic E-state index is 12.1. The monoisotopic (exact) mass is 266 g/mol. The van der Waals surface area contributed by atoms with E-state index in [0.29, 0.717) is 10.7 Å². The Hall–Kier alpha value is -1.83. The van der Waals surface area contributed by atoms with Gasteiger partial charge in [-0.1, -0.05) is 18.3 Å². The lowest BCUT2D eigenvalue weighted by molar-refractivity contribution is 0.0941. The first-order chi connectivity index (χ1) is 8.59. The van der Waals surface area contributed by atoms with Gasteiger partial charge >= 0.3 is 0 Å². The van der Waals surface area contributed by atoms with Gasteiger partial charge in [-0.2, -0.15) is 5.10 Å². The second-order valence-electron chi connectivity index (χ2n) is 4.21. The zero-order chi connectivity index (χ0) is 13.1. The van der Waals surface area contributed by atoms with Crippen molar-refractivity contribution in [3.63, 3.8) is 0 Å². The predicted octanol–water partition coefficient (Wildman–Crippen LogP) is 1.27. The van der Waals surface area contributed by atoms with E-state index in [9.17, 15) is 4.79 Å². The van der Waals surface area contributed by atoms with Gasteiger partial charge in [-0.05, 0) is 24.4 Å². The zero-order valence-corrected chi connectivity index (χ0v) is 11.2. The molecule has 0 spiro atoms. The van der Waals surface area contributed by atoms with Gasteiger partial charge in [0.05, 0.1) is 11.7 Å². The molecule has 2 heterocycles. The lowest BCUT2D eigenvalue weighted by atomic mass is 10.1. The van der Waals surface area contributed by atoms with Crippen LogP contribution in [0.2, 0.25) is 0 Å². The molecule has 0 aliphatic heterocycles. The highest BCUT2D eigenvalue weighted by Crippen LogP contribution is 2.20. The Balaban J connectivity index is 2.10. The van der Waals surface area contributed by atoms with Gasteiger partial charge in [0.25, 0.3) is 5.91 Å². The quantitative estimate of drug-likeness (QED) is 0.868. The number of carbonyl (C=O) groups is 1. The topological polar surface area (TPSA) is 96.5 Å². The van der Waals surface area contributed by atoms with E-state index in [1.165, 1.54) is 6.33 Å². The summed E-state index contributed by atoms with van der Waals surface area (Å²) >= 11 is 1.11. The zero-order valence-electron chi connectivity index (χ0n) is 10.3. The van der Waals surface area contributed by atoms with Crippen LogP contribution in [0.25, 0.3) is 0 Å². The molecular weight excluding hydrogens is 252 g/mol. The highest BCUT2D eigenvalue weighted by atomic mass is 32.1. The van der Waals surface area contributed by atoms with Gasteiger partial charge in [0.1, 0.15) is 17.0 Å². The van der Waals surface area contributed by atoms with Crippen LogP contribution in [0.4, 0.5) is 0 Å². The van der Waals surface area contributed by atoms with Gasteiger partial charge in [0, 0.05) is 0 Å². The van der Waals surface area contributed by atoms with Crippen LogP contribution in [-0.2, 0) is 0 Å². The summed E-state index contributed by atoms with van der Waals surface area (Å²) in [5, 5.41) is 13.3. The summed E-state index contributed by atoms with van der Waals surface area (Å²) in [6.07, 6.45) is 1.41. The number of aromatic amines is 1. The van der Waals surface area contributed by atoms with E-state index < -0.39 is 0 Å². The summed E-state index contributed by atoms with van der Waals surface area (Å²) < 4.78 is 3.83. The minimum atomic E-state index is -0.234. The van der Waals surface area contributed by atoms with Crippen LogP contribution >= 0.6 is 11.5 Å². The van der Waals surface area contributed by atoms with E-state index in [2.05, 4.69) is 30.1 Å². The third-order valence-corrected chi connectivity index (χ3v) is 3.20. The SMILES string of the molecule is CC(C)c1nnsc1C(=O)NC(C)c1ncn[nH]1. The average molecular weight is 266 g/mol. The van der Waals surface area contributed by atoms with Crippen LogP contribution in [0, 0.1) is 0 Å². The Labute approximate surface area is 108 Å². The van der Waals surface area contributed by atoms with Crippen molar-refractivity contribution in [3.8, 4) is 0 Å². The van der Waals surface area contributed by atoms with Gasteiger partial charge < -0.3 is 5.32 Å². The molecule has 1 unspecified atom stereocenters. The lowest BCUT2D eigenvalue weighted by Gasteiger charge is -2.10. The Morgan fingerprint density at radius 2 is 2.22 bits per heavy atom. The molecule has 7 nitrogen and oxygen atoms in total. The molecule has 0 aromatic carbocycles. The molecule has 1 amide bonds. The minimum absolute atomic E-state index is 0.171. The summed E-state index contributed by atoms with van der Waals surface area (Å²) in [6.45, 7) is 5.79. The van der Waals surface area contributed by atoms with Gasteiger partial charge in [-0.3, -0.25) is 9.89 Å². The summed E-state index contributed by atoms with van der Waals surface area (Å²) in [5.41, 5.74) is 0.724. The normalized spacial score (nSPS) is 12.7. The van der Waals surface area contributed by atoms with Crippen LogP contribution in [0.3, 0.4) is 0 Å². The lowest BCUT2D eigenvalue weighted by Crippen LogP contribution is -2.27. The third kappa shape index (κ3) is 2.53. The summed E-state index contributed by atoms with van der Waals surface area (Å²) in [6, 6.07) is -0.234. The summed E-state index contributed by atoms with van der Waals surface area (Å²) in [5.74, 6) is 0.606. The Morgan fingerprint density at radius 3 is 2.83 bits per heavy atom. The first kappa shape index (κ1) is 12.6. The molecule has 18 heavy (non-hydrogen) atoms. The second kappa shape index (κ2) is 5.21. The molecule has 1 atom stereocenters. The molecule has 0 bridgehead atoms. The van der Waals surface area contributed by atoms with Crippen molar-refractivity contribution in [1.29, 1.82) is 0 Å². The number of H-pyrrole nitrogens is 1. The highest BCUT2D eigenvalue weighted by Gasteiger charge is 2.21. The predicted molar refractivity (Wildman–Crippen MR) is 66.3 cm³/mol. The first-order valence-electron chi connectivity index (χ1n) is 5.58. The molecule has 0 saturated heterocycles. The van der Waals surface area contributed by atoms with Crippen molar-refractivity contribution in [2.75, 3.05) is 0 Å². The minimum Gasteiger partial charge on any atom is -0.342 e. The molecule has 2 aromatic rings. The molecule has 96 valence electrons. The number of nitrogens with zero attached hydrogens (tertiary/aromatic N) is 4. The molecule has 2 N–H and O–H groups in total. The number of aromatic nitrogens is 5. The van der Waals surface area contributed by atoms with Gasteiger partial charge in [0.2, 0.25) is 0 Å². The Bertz CT molecular complexity index is 520. The molecule has 2 aromatic heterocycles. The molecule has 0 saturated carbocycles. The smallest absolute Gasteiger partial charge is 0.265 e. The van der Waals surface area contributed by atoms with E-state index >= 15 is 0 Å². The number of hydrogen-bond acceptors (Lipinski definition) is 6. The van der Waals surface area contributed by atoms with Crippen LogP contribution in [0.15, 0.2) is 6.33 Å². The number of carbonyl (C=O) groups excluding carboxylic acids is 1. The van der Waals surface area contributed by atoms with Crippen molar-refractivity contribution in [2.24, 2.45) is 0 Å². The molecule has 0 fully saturated rings. The van der Waals surface area contributed by atoms with E-state index in [1.54, 1.807) is 0 Å². The molecule has 0 aliphatic rings. The Kier molecular flexibility index (Phi) is 3.66. The van der Waals surface area contributed by atoms with Crippen molar-refractivity contribution < 1.29 is 4.79 Å². The standard InChI is InChI=1S/C10H14N6OS/c1-5(2)7-8(18-16-14-7)10(17)13-6(3)9-11-4-12-15-9/h4-6H,1-3H3,(H,13,17)(H,11,12,15). The maximum absolute atomic E-state index is 12.1. The summed E-state index contributed by atoms with van der Waals surface area (Å²) in [4.78, 5) is 16.6. The number of rotatable bonds is 4. The van der Waals surface area contributed by atoms with Crippen molar-refractivity contribution in [2.45, 2.75) is 32.7 Å². The van der Waals surface area contributed by atoms with Crippen molar-refractivity contribution in [3.05, 3.63) is 22.7 Å². The average Bonchev–Trinajstić information content (AvgIpc) is 3.00. The summed E-state index contributed by atoms with van der Waals surface area (Å²) in [7, 11) is 0. The Morgan fingerprint density at radius 1 is 1.44 bits per heavy atom. The highest BCUT2D eigenvalue weighted by molar-refractivity contribution is 7.08. The van der Waals surface area contributed by atoms with Crippen LogP contribution in [0.5, 0.6) is 0 Å². The molecule has 2 rings (SSSR count). The largest absolute Gasteiger partial charge is 0.342 e. The van der Waals surface area contributed by atoms with E-state index in [0.717, 1.165) is 17.2 Å². The maximum Gasteiger partial charge on any atom is 0.265 e. The number of nitrogens with one attached hydrogen (secondary N) is 2. The van der Waals surface area contributed by atoms with Gasteiger partial charge in [-0.25, -0.2) is 4.98 Å². The van der Waals surface area contributed by atoms with Gasteiger partial charge in [0.15, 0.2) is 0 Å². The van der Waals surface area contributed by atoms with Crippen molar-refractivity contribution >= 4 is 17.4 Å².